The van der Waals surface area contributed by atoms with Crippen molar-refractivity contribution in [3.8, 4) is 0 Å². The van der Waals surface area contributed by atoms with Crippen LogP contribution in [0.1, 0.15) is 10.4 Å². The highest BCUT2D eigenvalue weighted by atomic mass is 35.5. The summed E-state index contributed by atoms with van der Waals surface area (Å²) < 4.78 is 1.47. The second-order valence-corrected chi connectivity index (χ2v) is 4.12. The Kier molecular flexibility index (Phi) is 2.57. The van der Waals surface area contributed by atoms with E-state index in [1.54, 1.807) is 24.4 Å². The lowest BCUT2D eigenvalue weighted by atomic mass is 10.2. The standard InChI is InChI=1S/C13H8ClN3O/c14-11-10-6-7-17(12(10)16-8-15-11)13(18)9-4-2-1-3-5-9/h1-8H. The highest BCUT2D eigenvalue weighted by molar-refractivity contribution is 6.34. The SMILES string of the molecule is O=C(c1ccccc1)n1ccc2c(Cl)ncnc21. The maximum absolute atomic E-state index is 12.3. The zero-order chi connectivity index (χ0) is 12.5. The quantitative estimate of drug-likeness (QED) is 0.630. The molecule has 0 fully saturated rings. The van der Waals surface area contributed by atoms with E-state index in [-0.39, 0.29) is 5.91 Å². The normalized spacial score (nSPS) is 10.7. The van der Waals surface area contributed by atoms with Crippen molar-refractivity contribution in [3.63, 3.8) is 0 Å². The molecule has 2 aromatic heterocycles. The van der Waals surface area contributed by atoms with Crippen molar-refractivity contribution in [3.05, 3.63) is 59.6 Å². The molecule has 0 bridgehead atoms. The number of halogens is 1. The molecule has 0 unspecified atom stereocenters. The predicted molar refractivity (Wildman–Crippen MR) is 68.7 cm³/mol. The highest BCUT2D eigenvalue weighted by Gasteiger charge is 2.13. The Hall–Kier alpha value is -2.20. The van der Waals surface area contributed by atoms with Gasteiger partial charge in [0.1, 0.15) is 11.5 Å². The zero-order valence-corrected chi connectivity index (χ0v) is 10.0. The largest absolute Gasteiger partial charge is 0.268 e. The molecule has 0 N–H and O–H groups in total. The number of benzene rings is 1. The van der Waals surface area contributed by atoms with Crippen LogP contribution in [0, 0.1) is 0 Å². The molecule has 4 nitrogen and oxygen atoms in total. The van der Waals surface area contributed by atoms with E-state index in [1.807, 2.05) is 18.2 Å². The van der Waals surface area contributed by atoms with Crippen molar-refractivity contribution >= 4 is 28.5 Å². The van der Waals surface area contributed by atoms with Gasteiger partial charge in [-0.1, -0.05) is 29.8 Å². The minimum Gasteiger partial charge on any atom is -0.268 e. The fourth-order valence-electron chi connectivity index (χ4n) is 1.80. The van der Waals surface area contributed by atoms with E-state index in [9.17, 15) is 4.79 Å². The summed E-state index contributed by atoms with van der Waals surface area (Å²) in [4.78, 5) is 20.3. The minimum atomic E-state index is -0.139. The first-order valence-corrected chi connectivity index (χ1v) is 5.72. The molecule has 0 spiro atoms. The van der Waals surface area contributed by atoms with E-state index in [2.05, 4.69) is 9.97 Å². The lowest BCUT2D eigenvalue weighted by molar-refractivity contribution is 0.0964. The van der Waals surface area contributed by atoms with Gasteiger partial charge in [0.15, 0.2) is 5.65 Å². The number of carbonyl (C=O) groups excluding carboxylic acids is 1. The molecular formula is C13H8ClN3O. The van der Waals surface area contributed by atoms with Gasteiger partial charge in [-0.2, -0.15) is 0 Å². The average molecular weight is 258 g/mol. The molecule has 0 radical (unpaired) electrons. The molecule has 5 heteroatoms. The highest BCUT2D eigenvalue weighted by Crippen LogP contribution is 2.20. The van der Waals surface area contributed by atoms with Gasteiger partial charge >= 0.3 is 0 Å². The molecule has 0 saturated carbocycles. The second-order valence-electron chi connectivity index (χ2n) is 3.76. The first-order chi connectivity index (χ1) is 8.77. The molecule has 0 atom stereocenters. The predicted octanol–water partition coefficient (Wildman–Crippen LogP) is 2.77. The van der Waals surface area contributed by atoms with Crippen LogP contribution < -0.4 is 0 Å². The van der Waals surface area contributed by atoms with Crippen LogP contribution in [0.25, 0.3) is 11.0 Å². The number of hydrogen-bond acceptors (Lipinski definition) is 3. The third-order valence-electron chi connectivity index (χ3n) is 2.67. The van der Waals surface area contributed by atoms with Crippen molar-refractivity contribution in [1.29, 1.82) is 0 Å². The summed E-state index contributed by atoms with van der Waals surface area (Å²) in [6.45, 7) is 0. The van der Waals surface area contributed by atoms with Gasteiger partial charge in [0.25, 0.3) is 5.91 Å². The van der Waals surface area contributed by atoms with Crippen LogP contribution in [0.4, 0.5) is 0 Å². The summed E-state index contributed by atoms with van der Waals surface area (Å²) in [7, 11) is 0. The van der Waals surface area contributed by atoms with Gasteiger partial charge < -0.3 is 0 Å². The van der Waals surface area contributed by atoms with E-state index < -0.39 is 0 Å². The van der Waals surface area contributed by atoms with E-state index in [0.29, 0.717) is 21.7 Å². The lowest BCUT2D eigenvalue weighted by Gasteiger charge is -2.03. The van der Waals surface area contributed by atoms with Crippen LogP contribution in [-0.2, 0) is 0 Å². The first-order valence-electron chi connectivity index (χ1n) is 5.34. The number of fused-ring (bicyclic) bond motifs is 1. The molecule has 2 heterocycles. The van der Waals surface area contributed by atoms with Gasteiger partial charge in [-0.15, -0.1) is 0 Å². The van der Waals surface area contributed by atoms with E-state index in [4.69, 9.17) is 11.6 Å². The molecule has 0 amide bonds. The van der Waals surface area contributed by atoms with Crippen LogP contribution >= 0.6 is 11.6 Å². The molecule has 0 aliphatic heterocycles. The fourth-order valence-corrected chi connectivity index (χ4v) is 2.00. The molecule has 0 aliphatic rings. The number of rotatable bonds is 1. The third kappa shape index (κ3) is 1.67. The van der Waals surface area contributed by atoms with Crippen molar-refractivity contribution < 1.29 is 4.79 Å². The smallest absolute Gasteiger partial charge is 0.263 e. The summed E-state index contributed by atoms with van der Waals surface area (Å²) in [6.07, 6.45) is 3.00. The number of carbonyl (C=O) groups is 1. The maximum atomic E-state index is 12.3. The second kappa shape index (κ2) is 4.23. The van der Waals surface area contributed by atoms with Gasteiger partial charge in [-0.3, -0.25) is 9.36 Å². The molecule has 1 aromatic carbocycles. The van der Waals surface area contributed by atoms with Gasteiger partial charge in [0.05, 0.1) is 5.39 Å². The van der Waals surface area contributed by atoms with Crippen LogP contribution in [0.3, 0.4) is 0 Å². The summed E-state index contributed by atoms with van der Waals surface area (Å²) in [5.74, 6) is -0.139. The van der Waals surface area contributed by atoms with Crippen LogP contribution in [0.2, 0.25) is 5.15 Å². The van der Waals surface area contributed by atoms with Gasteiger partial charge in [-0.05, 0) is 18.2 Å². The minimum absolute atomic E-state index is 0.139. The Bertz CT molecular complexity index is 721. The Balaban J connectivity index is 2.16. The first kappa shape index (κ1) is 10.9. The Morgan fingerprint density at radius 1 is 1.11 bits per heavy atom. The summed E-state index contributed by atoms with van der Waals surface area (Å²) in [5, 5.41) is 1.02. The van der Waals surface area contributed by atoms with Crippen molar-refractivity contribution in [1.82, 2.24) is 14.5 Å². The van der Waals surface area contributed by atoms with Crippen LogP contribution in [-0.4, -0.2) is 20.4 Å². The molecule has 3 aromatic rings. The molecule has 0 saturated heterocycles. The zero-order valence-electron chi connectivity index (χ0n) is 9.25. The maximum Gasteiger partial charge on any atom is 0.263 e. The average Bonchev–Trinajstić information content (AvgIpc) is 2.84. The summed E-state index contributed by atoms with van der Waals surface area (Å²) in [5.41, 5.74) is 1.12. The molecular weight excluding hydrogens is 250 g/mol. The van der Waals surface area contributed by atoms with E-state index >= 15 is 0 Å². The fraction of sp³-hybridized carbons (Fsp3) is 0. The van der Waals surface area contributed by atoms with Crippen molar-refractivity contribution in [2.24, 2.45) is 0 Å². The Morgan fingerprint density at radius 3 is 2.67 bits per heavy atom. The molecule has 18 heavy (non-hydrogen) atoms. The van der Waals surface area contributed by atoms with Gasteiger partial charge in [0, 0.05) is 11.8 Å². The van der Waals surface area contributed by atoms with Crippen LogP contribution in [0.5, 0.6) is 0 Å². The van der Waals surface area contributed by atoms with Crippen molar-refractivity contribution in [2.75, 3.05) is 0 Å². The van der Waals surface area contributed by atoms with E-state index in [1.165, 1.54) is 10.9 Å². The number of nitrogens with zero attached hydrogens (tertiary/aromatic N) is 3. The third-order valence-corrected chi connectivity index (χ3v) is 2.97. The van der Waals surface area contributed by atoms with Gasteiger partial charge in [-0.25, -0.2) is 9.97 Å². The molecule has 88 valence electrons. The Labute approximate surface area is 108 Å². The topological polar surface area (TPSA) is 47.8 Å². The summed E-state index contributed by atoms with van der Waals surface area (Å²) >= 11 is 5.95. The monoisotopic (exact) mass is 257 g/mol. The lowest BCUT2D eigenvalue weighted by Crippen LogP contribution is -2.11. The number of aromatic nitrogens is 3. The van der Waals surface area contributed by atoms with E-state index in [0.717, 1.165) is 0 Å². The molecule has 0 aliphatic carbocycles. The Morgan fingerprint density at radius 2 is 1.89 bits per heavy atom. The summed E-state index contributed by atoms with van der Waals surface area (Å²) in [6, 6.07) is 10.8. The van der Waals surface area contributed by atoms with Crippen molar-refractivity contribution in [2.45, 2.75) is 0 Å². The van der Waals surface area contributed by atoms with Gasteiger partial charge in [0.2, 0.25) is 0 Å². The van der Waals surface area contributed by atoms with Crippen LogP contribution in [0.15, 0.2) is 48.9 Å². The molecule has 3 rings (SSSR count). The number of hydrogen-bond donors (Lipinski definition) is 0.